The Morgan fingerprint density at radius 2 is 2.06 bits per heavy atom. The van der Waals surface area contributed by atoms with Crippen LogP contribution in [-0.4, -0.2) is 34.9 Å². The normalized spacial score (nSPS) is 22.9. The molecule has 1 unspecified atom stereocenters. The summed E-state index contributed by atoms with van der Waals surface area (Å²) in [5.74, 6) is 2.51. The minimum absolute atomic E-state index is 0.284. The highest BCUT2D eigenvalue weighted by Gasteiger charge is 2.25. The van der Waals surface area contributed by atoms with Crippen LogP contribution in [0.1, 0.15) is 17.5 Å². The van der Waals surface area contributed by atoms with Gasteiger partial charge < -0.3 is 10.2 Å². The zero-order valence-corrected chi connectivity index (χ0v) is 11.2. The van der Waals surface area contributed by atoms with Crippen LogP contribution in [0.3, 0.4) is 0 Å². The highest BCUT2D eigenvalue weighted by atomic mass is 32.2. The summed E-state index contributed by atoms with van der Waals surface area (Å²) in [5.41, 5.74) is 2.61. The number of rotatable bonds is 2. The third-order valence-corrected chi connectivity index (χ3v) is 4.74. The van der Waals surface area contributed by atoms with Gasteiger partial charge in [0, 0.05) is 43.6 Å². The SMILES string of the molecule is O=C(CC1CSCCN1)N1Cc2ccccc2C1. The standard InChI is InChI=1S/C14H18N2OS/c17-14(7-13-10-18-6-5-15-13)16-8-11-3-1-2-4-12(11)9-16/h1-4,13,15H,5-10H2. The van der Waals surface area contributed by atoms with Crippen molar-refractivity contribution >= 4 is 17.7 Å². The largest absolute Gasteiger partial charge is 0.334 e. The molecule has 1 amide bonds. The van der Waals surface area contributed by atoms with Gasteiger partial charge in [0.25, 0.3) is 0 Å². The molecule has 3 nitrogen and oxygen atoms in total. The van der Waals surface area contributed by atoms with Gasteiger partial charge >= 0.3 is 0 Å². The number of hydrogen-bond acceptors (Lipinski definition) is 3. The molecule has 2 aliphatic heterocycles. The molecule has 2 heterocycles. The van der Waals surface area contributed by atoms with Gasteiger partial charge in [0.2, 0.25) is 5.91 Å². The maximum absolute atomic E-state index is 12.3. The minimum atomic E-state index is 0.284. The lowest BCUT2D eigenvalue weighted by Gasteiger charge is -2.25. The van der Waals surface area contributed by atoms with E-state index in [4.69, 9.17) is 0 Å². The van der Waals surface area contributed by atoms with Gasteiger partial charge in [-0.25, -0.2) is 0 Å². The van der Waals surface area contributed by atoms with Crippen LogP contribution in [-0.2, 0) is 17.9 Å². The first-order valence-corrected chi connectivity index (χ1v) is 7.64. The lowest BCUT2D eigenvalue weighted by atomic mass is 10.1. The molecule has 0 saturated carbocycles. The van der Waals surface area contributed by atoms with Gasteiger partial charge in [0.1, 0.15) is 0 Å². The summed E-state index contributed by atoms with van der Waals surface area (Å²) in [6, 6.07) is 8.70. The number of benzene rings is 1. The van der Waals surface area contributed by atoms with Crippen molar-refractivity contribution in [3.63, 3.8) is 0 Å². The second-order valence-corrected chi connectivity index (χ2v) is 6.10. The molecule has 0 aliphatic carbocycles. The zero-order chi connectivity index (χ0) is 12.4. The van der Waals surface area contributed by atoms with Gasteiger partial charge in [0.05, 0.1) is 0 Å². The van der Waals surface area contributed by atoms with Gasteiger partial charge in [0.15, 0.2) is 0 Å². The van der Waals surface area contributed by atoms with E-state index in [1.807, 2.05) is 28.8 Å². The monoisotopic (exact) mass is 262 g/mol. The van der Waals surface area contributed by atoms with E-state index < -0.39 is 0 Å². The van der Waals surface area contributed by atoms with Crippen molar-refractivity contribution in [1.29, 1.82) is 0 Å². The van der Waals surface area contributed by atoms with E-state index in [-0.39, 0.29) is 5.91 Å². The van der Waals surface area contributed by atoms with E-state index in [1.54, 1.807) is 0 Å². The molecule has 1 aromatic carbocycles. The molecule has 96 valence electrons. The number of fused-ring (bicyclic) bond motifs is 1. The van der Waals surface area contributed by atoms with Crippen LogP contribution in [0.5, 0.6) is 0 Å². The van der Waals surface area contributed by atoms with Crippen molar-refractivity contribution in [2.24, 2.45) is 0 Å². The third-order valence-electron chi connectivity index (χ3n) is 3.61. The average Bonchev–Trinajstić information content (AvgIpc) is 2.84. The summed E-state index contributed by atoms with van der Waals surface area (Å²) in [6.07, 6.45) is 0.640. The molecular weight excluding hydrogens is 244 g/mol. The Labute approximate surface area is 112 Å². The fourth-order valence-corrected chi connectivity index (χ4v) is 3.55. The van der Waals surface area contributed by atoms with E-state index in [0.29, 0.717) is 12.5 Å². The van der Waals surface area contributed by atoms with Crippen LogP contribution < -0.4 is 5.32 Å². The van der Waals surface area contributed by atoms with Crippen molar-refractivity contribution in [2.45, 2.75) is 25.6 Å². The predicted molar refractivity (Wildman–Crippen MR) is 74.4 cm³/mol. The Balaban J connectivity index is 1.58. The quantitative estimate of drug-likeness (QED) is 0.879. The van der Waals surface area contributed by atoms with E-state index >= 15 is 0 Å². The Kier molecular flexibility index (Phi) is 3.57. The summed E-state index contributed by atoms with van der Waals surface area (Å²) in [5, 5.41) is 3.43. The molecule has 3 rings (SSSR count). The van der Waals surface area contributed by atoms with Crippen LogP contribution in [0.2, 0.25) is 0 Å². The first-order chi connectivity index (χ1) is 8.83. The fraction of sp³-hybridized carbons (Fsp3) is 0.500. The van der Waals surface area contributed by atoms with E-state index in [2.05, 4.69) is 17.4 Å². The summed E-state index contributed by atoms with van der Waals surface area (Å²) in [7, 11) is 0. The van der Waals surface area contributed by atoms with Crippen molar-refractivity contribution in [2.75, 3.05) is 18.1 Å². The Morgan fingerprint density at radius 3 is 2.67 bits per heavy atom. The van der Waals surface area contributed by atoms with Crippen LogP contribution in [0.4, 0.5) is 0 Å². The summed E-state index contributed by atoms with van der Waals surface area (Å²) in [6.45, 7) is 2.60. The summed E-state index contributed by atoms with van der Waals surface area (Å²) < 4.78 is 0. The molecular formula is C14H18N2OS. The lowest BCUT2D eigenvalue weighted by molar-refractivity contribution is -0.132. The molecule has 0 radical (unpaired) electrons. The molecule has 4 heteroatoms. The maximum Gasteiger partial charge on any atom is 0.224 e. The molecule has 1 fully saturated rings. The highest BCUT2D eigenvalue weighted by Crippen LogP contribution is 2.23. The van der Waals surface area contributed by atoms with Crippen molar-refractivity contribution < 1.29 is 4.79 Å². The minimum Gasteiger partial charge on any atom is -0.334 e. The van der Waals surface area contributed by atoms with Crippen molar-refractivity contribution in [3.8, 4) is 0 Å². The number of thioether (sulfide) groups is 1. The topological polar surface area (TPSA) is 32.3 Å². The van der Waals surface area contributed by atoms with Crippen LogP contribution in [0.25, 0.3) is 0 Å². The zero-order valence-electron chi connectivity index (χ0n) is 10.4. The number of amides is 1. The van der Waals surface area contributed by atoms with Gasteiger partial charge in [-0.1, -0.05) is 24.3 Å². The number of carbonyl (C=O) groups is 1. The van der Waals surface area contributed by atoms with Crippen LogP contribution >= 0.6 is 11.8 Å². The van der Waals surface area contributed by atoms with Crippen molar-refractivity contribution in [1.82, 2.24) is 10.2 Å². The van der Waals surface area contributed by atoms with E-state index in [1.165, 1.54) is 16.9 Å². The second-order valence-electron chi connectivity index (χ2n) is 4.95. The average molecular weight is 262 g/mol. The van der Waals surface area contributed by atoms with Gasteiger partial charge in [-0.05, 0) is 11.1 Å². The number of nitrogens with zero attached hydrogens (tertiary/aromatic N) is 1. The third kappa shape index (κ3) is 2.54. The molecule has 2 aliphatic rings. The second kappa shape index (κ2) is 5.33. The van der Waals surface area contributed by atoms with Gasteiger partial charge in [-0.3, -0.25) is 4.79 Å². The van der Waals surface area contributed by atoms with E-state index in [9.17, 15) is 4.79 Å². The lowest BCUT2D eigenvalue weighted by Crippen LogP contribution is -2.41. The van der Waals surface area contributed by atoms with E-state index in [0.717, 1.165) is 25.4 Å². The number of hydrogen-bond donors (Lipinski definition) is 1. The molecule has 0 spiro atoms. The molecule has 1 N–H and O–H groups in total. The highest BCUT2D eigenvalue weighted by molar-refractivity contribution is 7.99. The summed E-state index contributed by atoms with van der Waals surface area (Å²) in [4.78, 5) is 14.2. The Morgan fingerprint density at radius 1 is 1.33 bits per heavy atom. The van der Waals surface area contributed by atoms with Gasteiger partial charge in [-0.2, -0.15) is 11.8 Å². The molecule has 0 aromatic heterocycles. The van der Waals surface area contributed by atoms with Crippen molar-refractivity contribution in [3.05, 3.63) is 35.4 Å². The molecule has 1 atom stereocenters. The maximum atomic E-state index is 12.3. The first kappa shape index (κ1) is 12.1. The van der Waals surface area contributed by atoms with Gasteiger partial charge in [-0.15, -0.1) is 0 Å². The summed E-state index contributed by atoms with van der Waals surface area (Å²) >= 11 is 1.94. The van der Waals surface area contributed by atoms with Crippen LogP contribution in [0, 0.1) is 0 Å². The number of nitrogens with one attached hydrogen (secondary N) is 1. The predicted octanol–water partition coefficient (Wildman–Crippen LogP) is 1.62. The molecule has 1 aromatic rings. The first-order valence-electron chi connectivity index (χ1n) is 6.48. The smallest absolute Gasteiger partial charge is 0.224 e. The number of carbonyl (C=O) groups excluding carboxylic acids is 1. The molecule has 0 bridgehead atoms. The van der Waals surface area contributed by atoms with Crippen LogP contribution in [0.15, 0.2) is 24.3 Å². The molecule has 18 heavy (non-hydrogen) atoms. The molecule has 1 saturated heterocycles. The Hall–Kier alpha value is -1.00. The fourth-order valence-electron chi connectivity index (χ4n) is 2.60. The Bertz CT molecular complexity index is 418.